The fraction of sp³-hybridized carbons (Fsp3) is 0.444. The molecule has 0 radical (unpaired) electrons. The molecule has 0 bridgehead atoms. The van der Waals surface area contributed by atoms with Crippen molar-refractivity contribution >= 4 is 16.1 Å². The second kappa shape index (κ2) is 3.79. The Kier molecular flexibility index (Phi) is 2.62. The van der Waals surface area contributed by atoms with Crippen LogP contribution in [0.5, 0.6) is 0 Å². The standard InChI is InChI=1S/C9H12N2O3S/c1-8-5-7-14-15(12,13)11(8)9-4-2-3-6-10-9/h2-4,6,8H,5,7H2,1H3/t8-/m1/s1. The fourth-order valence-electron chi connectivity index (χ4n) is 1.54. The van der Waals surface area contributed by atoms with E-state index in [2.05, 4.69) is 4.98 Å². The Balaban J connectivity index is 2.41. The van der Waals surface area contributed by atoms with E-state index in [1.165, 1.54) is 4.31 Å². The van der Waals surface area contributed by atoms with Crippen LogP contribution >= 0.6 is 0 Å². The molecule has 1 aromatic rings. The van der Waals surface area contributed by atoms with Gasteiger partial charge in [-0.1, -0.05) is 6.07 Å². The fourth-order valence-corrected chi connectivity index (χ4v) is 2.85. The van der Waals surface area contributed by atoms with Crippen LogP contribution in [-0.2, 0) is 14.5 Å². The number of nitrogens with zero attached hydrogens (tertiary/aromatic N) is 2. The second-order valence-corrected chi connectivity index (χ2v) is 4.89. The van der Waals surface area contributed by atoms with Gasteiger partial charge in [0, 0.05) is 12.2 Å². The third-order valence-electron chi connectivity index (χ3n) is 2.28. The predicted molar refractivity (Wildman–Crippen MR) is 55.7 cm³/mol. The first-order valence-electron chi connectivity index (χ1n) is 4.71. The van der Waals surface area contributed by atoms with Gasteiger partial charge in [0.25, 0.3) is 0 Å². The smallest absolute Gasteiger partial charge is 0.253 e. The summed E-state index contributed by atoms with van der Waals surface area (Å²) in [7, 11) is -3.65. The summed E-state index contributed by atoms with van der Waals surface area (Å²) in [5.41, 5.74) is 0. The second-order valence-electron chi connectivity index (χ2n) is 3.40. The van der Waals surface area contributed by atoms with Crippen molar-refractivity contribution in [3.8, 4) is 0 Å². The molecule has 1 aliphatic heterocycles. The SMILES string of the molecule is C[C@@H]1CCOS(=O)(=O)N1c1ccccn1. The Morgan fingerprint density at radius 1 is 1.53 bits per heavy atom. The molecule has 1 aromatic heterocycles. The summed E-state index contributed by atoms with van der Waals surface area (Å²) in [6.45, 7) is 2.08. The number of hydrogen-bond acceptors (Lipinski definition) is 4. The first-order chi connectivity index (χ1) is 7.11. The minimum absolute atomic E-state index is 0.112. The molecule has 6 heteroatoms. The molecule has 1 aliphatic rings. The normalized spacial score (nSPS) is 25.1. The Labute approximate surface area is 88.9 Å². The molecule has 0 aliphatic carbocycles. The summed E-state index contributed by atoms with van der Waals surface area (Å²) in [4.78, 5) is 4.02. The van der Waals surface area contributed by atoms with Gasteiger partial charge in [-0.25, -0.2) is 9.29 Å². The predicted octanol–water partition coefficient (Wildman–Crippen LogP) is 0.942. The van der Waals surface area contributed by atoms with Gasteiger partial charge < -0.3 is 0 Å². The summed E-state index contributed by atoms with van der Waals surface area (Å²) >= 11 is 0. The zero-order chi connectivity index (χ0) is 10.9. The van der Waals surface area contributed by atoms with Gasteiger partial charge in [0.2, 0.25) is 0 Å². The average molecular weight is 228 g/mol. The van der Waals surface area contributed by atoms with Crippen molar-refractivity contribution in [2.24, 2.45) is 0 Å². The molecule has 0 amide bonds. The van der Waals surface area contributed by atoms with Crippen LogP contribution in [0.4, 0.5) is 5.82 Å². The highest BCUT2D eigenvalue weighted by atomic mass is 32.2. The first-order valence-corrected chi connectivity index (χ1v) is 6.07. The van der Waals surface area contributed by atoms with Crippen molar-refractivity contribution < 1.29 is 12.6 Å². The Morgan fingerprint density at radius 2 is 2.33 bits per heavy atom. The number of aromatic nitrogens is 1. The number of anilines is 1. The van der Waals surface area contributed by atoms with Crippen LogP contribution in [0.3, 0.4) is 0 Å². The van der Waals surface area contributed by atoms with Gasteiger partial charge in [0.1, 0.15) is 5.82 Å². The van der Waals surface area contributed by atoms with E-state index < -0.39 is 10.3 Å². The molecule has 0 unspecified atom stereocenters. The summed E-state index contributed by atoms with van der Waals surface area (Å²) in [5, 5.41) is 0. The highest BCUT2D eigenvalue weighted by Crippen LogP contribution is 2.24. The number of pyridine rings is 1. The van der Waals surface area contributed by atoms with E-state index in [0.29, 0.717) is 12.2 Å². The minimum atomic E-state index is -3.65. The van der Waals surface area contributed by atoms with Crippen LogP contribution in [0.2, 0.25) is 0 Å². The lowest BCUT2D eigenvalue weighted by Crippen LogP contribution is -2.45. The molecule has 5 nitrogen and oxygen atoms in total. The van der Waals surface area contributed by atoms with E-state index in [1.807, 2.05) is 6.92 Å². The number of rotatable bonds is 1. The molecule has 0 aromatic carbocycles. The topological polar surface area (TPSA) is 59.5 Å². The molecular formula is C9H12N2O3S. The van der Waals surface area contributed by atoms with Gasteiger partial charge in [-0.2, -0.15) is 8.42 Å². The third-order valence-corrected chi connectivity index (χ3v) is 3.78. The molecule has 0 saturated carbocycles. The maximum atomic E-state index is 11.7. The van der Waals surface area contributed by atoms with Gasteiger partial charge in [-0.3, -0.25) is 4.18 Å². The highest BCUT2D eigenvalue weighted by molar-refractivity contribution is 7.88. The van der Waals surface area contributed by atoms with Crippen molar-refractivity contribution in [3.63, 3.8) is 0 Å². The van der Waals surface area contributed by atoms with Crippen LogP contribution in [0.1, 0.15) is 13.3 Å². The van der Waals surface area contributed by atoms with Crippen molar-refractivity contribution in [3.05, 3.63) is 24.4 Å². The van der Waals surface area contributed by atoms with E-state index in [-0.39, 0.29) is 12.6 Å². The van der Waals surface area contributed by atoms with E-state index >= 15 is 0 Å². The number of hydrogen-bond donors (Lipinski definition) is 0. The van der Waals surface area contributed by atoms with E-state index in [0.717, 1.165) is 0 Å². The Hall–Kier alpha value is -1.14. The summed E-state index contributed by atoms with van der Waals surface area (Å²) in [6, 6.07) is 5.03. The Morgan fingerprint density at radius 3 is 2.93 bits per heavy atom. The van der Waals surface area contributed by atoms with Crippen molar-refractivity contribution in [2.75, 3.05) is 10.9 Å². The quantitative estimate of drug-likeness (QED) is 0.717. The molecule has 0 N–H and O–H groups in total. The largest absolute Gasteiger partial charge is 0.363 e. The zero-order valence-corrected chi connectivity index (χ0v) is 9.14. The zero-order valence-electron chi connectivity index (χ0n) is 8.33. The molecule has 82 valence electrons. The molecule has 1 fully saturated rings. The third kappa shape index (κ3) is 1.95. The van der Waals surface area contributed by atoms with Gasteiger partial charge in [0.05, 0.1) is 6.61 Å². The van der Waals surface area contributed by atoms with Crippen molar-refractivity contribution in [1.29, 1.82) is 0 Å². The average Bonchev–Trinajstić information content (AvgIpc) is 2.17. The van der Waals surface area contributed by atoms with Crippen LogP contribution in [0.25, 0.3) is 0 Å². The van der Waals surface area contributed by atoms with Crippen LogP contribution in [0, 0.1) is 0 Å². The molecular weight excluding hydrogens is 216 g/mol. The van der Waals surface area contributed by atoms with Crippen LogP contribution in [-0.4, -0.2) is 26.1 Å². The molecule has 2 rings (SSSR count). The lowest BCUT2D eigenvalue weighted by molar-refractivity contribution is 0.275. The van der Waals surface area contributed by atoms with Crippen molar-refractivity contribution in [2.45, 2.75) is 19.4 Å². The molecule has 2 heterocycles. The molecule has 1 saturated heterocycles. The van der Waals surface area contributed by atoms with Gasteiger partial charge in [-0.05, 0) is 25.5 Å². The van der Waals surface area contributed by atoms with E-state index in [1.54, 1.807) is 24.4 Å². The minimum Gasteiger partial charge on any atom is -0.253 e. The van der Waals surface area contributed by atoms with Crippen molar-refractivity contribution in [1.82, 2.24) is 4.98 Å². The van der Waals surface area contributed by atoms with Crippen LogP contribution in [0.15, 0.2) is 24.4 Å². The summed E-state index contributed by atoms with van der Waals surface area (Å²) in [6.07, 6.45) is 2.24. The molecule has 1 atom stereocenters. The van der Waals surface area contributed by atoms with E-state index in [4.69, 9.17) is 4.18 Å². The monoisotopic (exact) mass is 228 g/mol. The summed E-state index contributed by atoms with van der Waals surface area (Å²) in [5.74, 6) is 0.407. The van der Waals surface area contributed by atoms with E-state index in [9.17, 15) is 8.42 Å². The van der Waals surface area contributed by atoms with Gasteiger partial charge in [0.15, 0.2) is 0 Å². The molecule has 15 heavy (non-hydrogen) atoms. The van der Waals surface area contributed by atoms with Gasteiger partial charge in [-0.15, -0.1) is 0 Å². The van der Waals surface area contributed by atoms with Crippen LogP contribution < -0.4 is 4.31 Å². The lowest BCUT2D eigenvalue weighted by atomic mass is 10.2. The Bertz CT molecular complexity index is 432. The highest BCUT2D eigenvalue weighted by Gasteiger charge is 2.33. The molecule has 0 spiro atoms. The lowest BCUT2D eigenvalue weighted by Gasteiger charge is -2.32. The first kappa shape index (κ1) is 10.4. The maximum Gasteiger partial charge on any atom is 0.363 e. The van der Waals surface area contributed by atoms with Gasteiger partial charge >= 0.3 is 10.3 Å². The maximum absolute atomic E-state index is 11.7. The summed E-state index contributed by atoms with van der Waals surface area (Å²) < 4.78 is 29.3.